The fourth-order valence-corrected chi connectivity index (χ4v) is 1.71. The highest BCUT2D eigenvalue weighted by molar-refractivity contribution is 6.29. The predicted octanol–water partition coefficient (Wildman–Crippen LogP) is 1.19. The summed E-state index contributed by atoms with van der Waals surface area (Å²) in [5.74, 6) is -1.92. The quantitative estimate of drug-likeness (QED) is 0.691. The zero-order valence-electron chi connectivity index (χ0n) is 8.90. The lowest BCUT2D eigenvalue weighted by molar-refractivity contribution is -0.143. The Hall–Kier alpha value is -1.82. The zero-order valence-corrected chi connectivity index (χ0v) is 9.65. The maximum Gasteiger partial charge on any atom is 0.308 e. The highest BCUT2D eigenvalue weighted by Gasteiger charge is 2.34. The van der Waals surface area contributed by atoms with Crippen molar-refractivity contribution in [2.45, 2.75) is 13.0 Å². The fraction of sp³-hybridized carbons (Fsp3) is 0.300. The number of carbonyl (C=O) groups is 2. The van der Waals surface area contributed by atoms with E-state index in [-0.39, 0.29) is 5.15 Å². The molecule has 0 radical (unpaired) electrons. The van der Waals surface area contributed by atoms with Crippen LogP contribution < -0.4 is 10.6 Å². The number of fused-ring (bicyclic) bond motifs is 1. The SMILES string of the molecule is C[C@H](C(=O)O)C1Nc2nc(Cl)ccc2NC1=O. The number of halogens is 1. The molecule has 1 aromatic rings. The average molecular weight is 256 g/mol. The van der Waals surface area contributed by atoms with Gasteiger partial charge in [-0.05, 0) is 19.1 Å². The number of hydrogen-bond acceptors (Lipinski definition) is 4. The number of hydrogen-bond donors (Lipinski definition) is 3. The summed E-state index contributed by atoms with van der Waals surface area (Å²) in [7, 11) is 0. The molecular formula is C10H10ClN3O3. The normalized spacial score (nSPS) is 19.9. The molecule has 0 saturated heterocycles. The molecule has 0 aromatic carbocycles. The first-order valence-corrected chi connectivity index (χ1v) is 5.33. The molecule has 6 nitrogen and oxygen atoms in total. The van der Waals surface area contributed by atoms with Crippen LogP contribution in [0.25, 0.3) is 0 Å². The molecule has 1 amide bonds. The van der Waals surface area contributed by atoms with E-state index >= 15 is 0 Å². The van der Waals surface area contributed by atoms with Crippen molar-refractivity contribution in [2.24, 2.45) is 5.92 Å². The molecule has 1 unspecified atom stereocenters. The molecule has 7 heteroatoms. The summed E-state index contributed by atoms with van der Waals surface area (Å²) in [5.41, 5.74) is 0.494. The molecular weight excluding hydrogens is 246 g/mol. The van der Waals surface area contributed by atoms with Crippen LogP contribution in [-0.2, 0) is 9.59 Å². The van der Waals surface area contributed by atoms with Crippen molar-refractivity contribution >= 4 is 35.0 Å². The zero-order chi connectivity index (χ0) is 12.6. The second-order valence-electron chi connectivity index (χ2n) is 3.77. The molecule has 90 valence electrons. The molecule has 0 bridgehead atoms. The Morgan fingerprint density at radius 1 is 1.59 bits per heavy atom. The summed E-state index contributed by atoms with van der Waals surface area (Å²) in [6, 6.07) is 2.30. The van der Waals surface area contributed by atoms with Crippen LogP contribution in [0.1, 0.15) is 6.92 Å². The molecule has 2 heterocycles. The molecule has 3 N–H and O–H groups in total. The minimum absolute atomic E-state index is 0.272. The van der Waals surface area contributed by atoms with Gasteiger partial charge >= 0.3 is 5.97 Å². The standard InChI is InChI=1S/C10H10ClN3O3/c1-4(10(16)17)7-9(15)12-5-2-3-6(11)13-8(5)14-7/h2-4,7H,1H3,(H,12,15)(H,13,14)(H,16,17)/t4-,7?/m0/s1. The Kier molecular flexibility index (Phi) is 2.89. The number of aromatic nitrogens is 1. The number of rotatable bonds is 2. The fourth-order valence-electron chi connectivity index (χ4n) is 1.56. The second-order valence-corrected chi connectivity index (χ2v) is 4.16. The lowest BCUT2D eigenvalue weighted by atomic mass is 9.99. The van der Waals surface area contributed by atoms with Crippen LogP contribution in [-0.4, -0.2) is 28.0 Å². The van der Waals surface area contributed by atoms with Crippen LogP contribution in [0.4, 0.5) is 11.5 Å². The number of nitrogens with zero attached hydrogens (tertiary/aromatic N) is 1. The summed E-state index contributed by atoms with van der Waals surface area (Å²) >= 11 is 5.72. The minimum atomic E-state index is -1.05. The van der Waals surface area contributed by atoms with Crippen molar-refractivity contribution < 1.29 is 14.7 Å². The van der Waals surface area contributed by atoms with Gasteiger partial charge in [0.05, 0.1) is 11.6 Å². The summed E-state index contributed by atoms with van der Waals surface area (Å²) in [6.45, 7) is 1.45. The van der Waals surface area contributed by atoms with Crippen molar-refractivity contribution in [3.05, 3.63) is 17.3 Å². The monoisotopic (exact) mass is 255 g/mol. The molecule has 1 aromatic heterocycles. The van der Waals surface area contributed by atoms with Gasteiger partial charge in [0.15, 0.2) is 5.82 Å². The Bertz CT molecular complexity index is 492. The van der Waals surface area contributed by atoms with Crippen LogP contribution >= 0.6 is 11.6 Å². The minimum Gasteiger partial charge on any atom is -0.481 e. The maximum absolute atomic E-state index is 11.7. The van der Waals surface area contributed by atoms with Gasteiger partial charge in [-0.15, -0.1) is 0 Å². The molecule has 0 fully saturated rings. The molecule has 2 rings (SSSR count). The molecule has 0 aliphatic carbocycles. The summed E-state index contributed by atoms with van der Waals surface area (Å²) in [6.07, 6.45) is 0. The van der Waals surface area contributed by atoms with Crippen molar-refractivity contribution in [1.29, 1.82) is 0 Å². The van der Waals surface area contributed by atoms with E-state index in [1.54, 1.807) is 12.1 Å². The van der Waals surface area contributed by atoms with E-state index in [2.05, 4.69) is 15.6 Å². The van der Waals surface area contributed by atoms with Crippen LogP contribution in [0.15, 0.2) is 12.1 Å². The van der Waals surface area contributed by atoms with E-state index in [1.165, 1.54) is 6.92 Å². The average Bonchev–Trinajstić information content (AvgIpc) is 2.27. The van der Waals surface area contributed by atoms with E-state index < -0.39 is 23.8 Å². The van der Waals surface area contributed by atoms with Gasteiger partial charge in [-0.25, -0.2) is 4.98 Å². The van der Waals surface area contributed by atoms with E-state index in [4.69, 9.17) is 16.7 Å². The third-order valence-corrected chi connectivity index (χ3v) is 2.79. The van der Waals surface area contributed by atoms with Gasteiger partial charge in [0.25, 0.3) is 0 Å². The van der Waals surface area contributed by atoms with Gasteiger partial charge in [0.2, 0.25) is 5.91 Å². The van der Waals surface area contributed by atoms with Gasteiger partial charge < -0.3 is 15.7 Å². The Morgan fingerprint density at radius 3 is 2.94 bits per heavy atom. The highest BCUT2D eigenvalue weighted by atomic mass is 35.5. The van der Waals surface area contributed by atoms with Crippen LogP contribution in [0, 0.1) is 5.92 Å². The van der Waals surface area contributed by atoms with Crippen LogP contribution in [0.5, 0.6) is 0 Å². The van der Waals surface area contributed by atoms with E-state index in [9.17, 15) is 9.59 Å². The van der Waals surface area contributed by atoms with E-state index in [0.717, 1.165) is 0 Å². The molecule has 1 aliphatic rings. The molecule has 1 aliphatic heterocycles. The molecule has 0 spiro atoms. The number of carboxylic acid groups (broad SMARTS) is 1. The number of aliphatic carboxylic acids is 1. The molecule has 2 atom stereocenters. The van der Waals surface area contributed by atoms with Crippen molar-refractivity contribution in [3.63, 3.8) is 0 Å². The van der Waals surface area contributed by atoms with Crippen molar-refractivity contribution in [1.82, 2.24) is 4.98 Å². The predicted molar refractivity (Wildman–Crippen MR) is 62.1 cm³/mol. The molecule has 0 saturated carbocycles. The third kappa shape index (κ3) is 2.16. The number of carbonyl (C=O) groups excluding carboxylic acids is 1. The number of nitrogens with one attached hydrogen (secondary N) is 2. The van der Waals surface area contributed by atoms with Crippen molar-refractivity contribution in [2.75, 3.05) is 10.6 Å². The van der Waals surface area contributed by atoms with E-state index in [1.807, 2.05) is 0 Å². The summed E-state index contributed by atoms with van der Waals surface area (Å²) in [5, 5.41) is 14.5. The van der Waals surface area contributed by atoms with E-state index in [0.29, 0.717) is 11.5 Å². The van der Waals surface area contributed by atoms with Gasteiger partial charge in [-0.2, -0.15) is 0 Å². The first-order chi connectivity index (χ1) is 7.99. The number of carboxylic acids is 1. The number of amides is 1. The van der Waals surface area contributed by atoms with Crippen LogP contribution in [0.3, 0.4) is 0 Å². The Balaban J connectivity index is 2.31. The Labute approximate surface area is 102 Å². The van der Waals surface area contributed by atoms with Crippen LogP contribution in [0.2, 0.25) is 5.15 Å². The highest BCUT2D eigenvalue weighted by Crippen LogP contribution is 2.28. The number of pyridine rings is 1. The van der Waals surface area contributed by atoms with Crippen molar-refractivity contribution in [3.8, 4) is 0 Å². The summed E-state index contributed by atoms with van der Waals surface area (Å²) in [4.78, 5) is 26.5. The van der Waals surface area contributed by atoms with Gasteiger partial charge in [0, 0.05) is 0 Å². The smallest absolute Gasteiger partial charge is 0.308 e. The Morgan fingerprint density at radius 2 is 2.29 bits per heavy atom. The maximum atomic E-state index is 11.7. The van der Waals surface area contributed by atoms with Gasteiger partial charge in [0.1, 0.15) is 11.2 Å². The third-order valence-electron chi connectivity index (χ3n) is 2.58. The molecule has 17 heavy (non-hydrogen) atoms. The lowest BCUT2D eigenvalue weighted by Gasteiger charge is -2.28. The number of anilines is 2. The topological polar surface area (TPSA) is 91.3 Å². The first kappa shape index (κ1) is 11.7. The van der Waals surface area contributed by atoms with Gasteiger partial charge in [-0.3, -0.25) is 9.59 Å². The first-order valence-electron chi connectivity index (χ1n) is 4.96. The largest absolute Gasteiger partial charge is 0.481 e. The lowest BCUT2D eigenvalue weighted by Crippen LogP contribution is -2.46. The summed E-state index contributed by atoms with van der Waals surface area (Å²) < 4.78 is 0. The van der Waals surface area contributed by atoms with Gasteiger partial charge in [-0.1, -0.05) is 11.6 Å². The second kappa shape index (κ2) is 4.21.